The van der Waals surface area contributed by atoms with Gasteiger partial charge in [-0.1, -0.05) is 12.1 Å². The lowest BCUT2D eigenvalue weighted by atomic mass is 9.94. The molecular weight excluding hydrogens is 418 g/mol. The second kappa shape index (κ2) is 7.99. The van der Waals surface area contributed by atoms with Crippen molar-refractivity contribution in [2.24, 2.45) is 5.10 Å². The molecule has 0 N–H and O–H groups in total. The van der Waals surface area contributed by atoms with E-state index in [1.165, 1.54) is 33.6 Å². The minimum atomic E-state index is -0.766. The first-order valence-electron chi connectivity index (χ1n) is 9.33. The monoisotopic (exact) mass is 435 g/mol. The molecular formula is C22H17N3O7. The molecule has 0 aliphatic carbocycles. The molecule has 0 fully saturated rings. The van der Waals surface area contributed by atoms with Crippen molar-refractivity contribution in [1.29, 1.82) is 0 Å². The van der Waals surface area contributed by atoms with Crippen molar-refractivity contribution in [3.8, 4) is 17.2 Å². The molecule has 2 amide bonds. The fraction of sp³-hybridized carbons (Fsp3) is 0.136. The first-order valence-corrected chi connectivity index (χ1v) is 9.33. The van der Waals surface area contributed by atoms with E-state index >= 15 is 0 Å². The van der Waals surface area contributed by atoms with E-state index in [4.69, 9.17) is 14.2 Å². The van der Waals surface area contributed by atoms with Crippen LogP contribution in [0.1, 0.15) is 26.3 Å². The second-order valence-corrected chi connectivity index (χ2v) is 6.77. The van der Waals surface area contributed by atoms with Crippen molar-refractivity contribution in [3.63, 3.8) is 0 Å². The summed E-state index contributed by atoms with van der Waals surface area (Å²) in [7, 11) is 4.40. The largest absolute Gasteiger partial charge is 0.496 e. The van der Waals surface area contributed by atoms with Gasteiger partial charge in [0.1, 0.15) is 5.75 Å². The molecule has 0 aromatic heterocycles. The molecule has 1 aliphatic heterocycles. The van der Waals surface area contributed by atoms with E-state index in [-0.39, 0.29) is 16.8 Å². The summed E-state index contributed by atoms with van der Waals surface area (Å²) in [6.07, 6.45) is 1.28. The second-order valence-electron chi connectivity index (χ2n) is 6.77. The van der Waals surface area contributed by atoms with Gasteiger partial charge in [0, 0.05) is 29.1 Å². The zero-order valence-electron chi connectivity index (χ0n) is 17.3. The van der Waals surface area contributed by atoms with Gasteiger partial charge < -0.3 is 14.2 Å². The van der Waals surface area contributed by atoms with Crippen LogP contribution in [0.5, 0.6) is 17.2 Å². The zero-order valence-corrected chi connectivity index (χ0v) is 17.3. The molecule has 0 radical (unpaired) electrons. The van der Waals surface area contributed by atoms with Crippen LogP contribution >= 0.6 is 0 Å². The lowest BCUT2D eigenvalue weighted by Crippen LogP contribution is -2.36. The number of carbonyl (C=O) groups is 2. The summed E-state index contributed by atoms with van der Waals surface area (Å²) in [4.78, 5) is 36.8. The Morgan fingerprint density at radius 2 is 1.56 bits per heavy atom. The Morgan fingerprint density at radius 3 is 2.22 bits per heavy atom. The van der Waals surface area contributed by atoms with Gasteiger partial charge in [0.05, 0.1) is 43.6 Å². The Balaban J connectivity index is 1.81. The number of hydrogen-bond acceptors (Lipinski definition) is 8. The summed E-state index contributed by atoms with van der Waals surface area (Å²) in [6.45, 7) is 0. The number of non-ortho nitro benzene ring substituents is 1. The Bertz CT molecular complexity index is 1320. The van der Waals surface area contributed by atoms with Gasteiger partial charge in [0.15, 0.2) is 11.5 Å². The Morgan fingerprint density at radius 1 is 0.906 bits per heavy atom. The Kier molecular flexibility index (Phi) is 5.19. The number of ether oxygens (including phenoxy) is 3. The smallest absolute Gasteiger partial charge is 0.282 e. The molecule has 3 aromatic rings. The van der Waals surface area contributed by atoms with Crippen LogP contribution in [-0.4, -0.2) is 49.3 Å². The molecule has 1 aliphatic rings. The first-order chi connectivity index (χ1) is 15.4. The summed E-state index contributed by atoms with van der Waals surface area (Å²) < 4.78 is 15.9. The van der Waals surface area contributed by atoms with E-state index in [0.29, 0.717) is 38.6 Å². The van der Waals surface area contributed by atoms with Crippen molar-refractivity contribution in [3.05, 3.63) is 69.3 Å². The Labute approximate surface area is 181 Å². The maximum absolute atomic E-state index is 13.1. The van der Waals surface area contributed by atoms with Gasteiger partial charge in [-0.25, -0.2) is 0 Å². The highest BCUT2D eigenvalue weighted by Gasteiger charge is 2.34. The third-order valence-corrected chi connectivity index (χ3v) is 5.07. The minimum absolute atomic E-state index is 0.0285. The van der Waals surface area contributed by atoms with Gasteiger partial charge in [0.25, 0.3) is 17.5 Å². The van der Waals surface area contributed by atoms with Crippen molar-refractivity contribution in [2.45, 2.75) is 0 Å². The van der Waals surface area contributed by atoms with Gasteiger partial charge in [-0.3, -0.25) is 19.7 Å². The van der Waals surface area contributed by atoms with E-state index < -0.39 is 16.7 Å². The van der Waals surface area contributed by atoms with E-state index in [2.05, 4.69) is 5.10 Å². The third-order valence-electron chi connectivity index (χ3n) is 5.07. The number of nitro groups is 1. The number of nitrogens with zero attached hydrogens (tertiary/aromatic N) is 3. The molecule has 32 heavy (non-hydrogen) atoms. The average Bonchev–Trinajstić information content (AvgIpc) is 2.81. The number of methoxy groups -OCH3 is 3. The predicted molar refractivity (Wildman–Crippen MR) is 115 cm³/mol. The number of nitro benzene ring substituents is 1. The molecule has 0 bridgehead atoms. The van der Waals surface area contributed by atoms with E-state index in [0.717, 1.165) is 6.07 Å². The molecule has 4 rings (SSSR count). The normalized spacial score (nSPS) is 13.0. The quantitative estimate of drug-likeness (QED) is 0.252. The molecule has 0 saturated carbocycles. The summed E-state index contributed by atoms with van der Waals surface area (Å²) in [5.74, 6) is -0.200. The van der Waals surface area contributed by atoms with Gasteiger partial charge >= 0.3 is 0 Å². The van der Waals surface area contributed by atoms with Crippen LogP contribution in [0.25, 0.3) is 10.8 Å². The average molecular weight is 435 g/mol. The van der Waals surface area contributed by atoms with Crippen LogP contribution in [0.15, 0.2) is 47.6 Å². The van der Waals surface area contributed by atoms with E-state index in [1.807, 2.05) is 0 Å². The molecule has 10 nitrogen and oxygen atoms in total. The zero-order chi connectivity index (χ0) is 23.0. The number of hydrogen-bond donors (Lipinski definition) is 0. The van der Waals surface area contributed by atoms with Crippen molar-refractivity contribution >= 4 is 34.5 Å². The molecule has 1 heterocycles. The summed E-state index contributed by atoms with van der Waals surface area (Å²) in [6, 6.07) is 10.4. The SMILES string of the molecule is COc1cc(OC)c(OC)cc1C=NN1C(=O)c2cccc3cc([N+](=O)[O-])cc(c23)C1=O. The van der Waals surface area contributed by atoms with E-state index in [9.17, 15) is 19.7 Å². The highest BCUT2D eigenvalue weighted by molar-refractivity contribution is 6.25. The molecule has 0 saturated heterocycles. The minimum Gasteiger partial charge on any atom is -0.496 e. The predicted octanol–water partition coefficient (Wildman–Crippen LogP) is 3.40. The fourth-order valence-corrected chi connectivity index (χ4v) is 3.56. The summed E-state index contributed by atoms with van der Waals surface area (Å²) in [5, 5.41) is 16.9. The van der Waals surface area contributed by atoms with Gasteiger partial charge in [-0.15, -0.1) is 0 Å². The standard InChI is InChI=1S/C22H17N3O7/c1-30-17-10-19(32-3)18(31-2)8-13(17)11-23-24-21(26)15-6-4-5-12-7-14(25(28)29)9-16(20(12)15)22(24)27/h4-11H,1-3H3. The van der Waals surface area contributed by atoms with Crippen molar-refractivity contribution in [2.75, 3.05) is 21.3 Å². The van der Waals surface area contributed by atoms with Crippen LogP contribution in [-0.2, 0) is 0 Å². The number of carbonyl (C=O) groups excluding carboxylic acids is 2. The van der Waals surface area contributed by atoms with Gasteiger partial charge in [-0.2, -0.15) is 10.1 Å². The number of imide groups is 1. The maximum atomic E-state index is 13.1. The number of rotatable bonds is 6. The fourth-order valence-electron chi connectivity index (χ4n) is 3.56. The highest BCUT2D eigenvalue weighted by atomic mass is 16.6. The van der Waals surface area contributed by atoms with Crippen LogP contribution < -0.4 is 14.2 Å². The highest BCUT2D eigenvalue weighted by Crippen LogP contribution is 2.35. The number of hydrazone groups is 1. The van der Waals surface area contributed by atoms with Crippen LogP contribution in [0.4, 0.5) is 5.69 Å². The number of amides is 2. The summed E-state index contributed by atoms with van der Waals surface area (Å²) in [5.41, 5.74) is 0.427. The van der Waals surface area contributed by atoms with Crippen molar-refractivity contribution in [1.82, 2.24) is 5.01 Å². The lowest BCUT2D eigenvalue weighted by molar-refractivity contribution is -0.384. The van der Waals surface area contributed by atoms with Crippen molar-refractivity contribution < 1.29 is 28.7 Å². The third kappa shape index (κ3) is 3.27. The molecule has 3 aromatic carbocycles. The lowest BCUT2D eigenvalue weighted by Gasteiger charge is -2.23. The Hall–Kier alpha value is -4.47. The van der Waals surface area contributed by atoms with Gasteiger partial charge in [-0.05, 0) is 17.5 Å². The maximum Gasteiger partial charge on any atom is 0.282 e. The molecule has 0 spiro atoms. The van der Waals surface area contributed by atoms with Crippen LogP contribution in [0.2, 0.25) is 0 Å². The molecule has 0 unspecified atom stereocenters. The van der Waals surface area contributed by atoms with Crippen LogP contribution in [0, 0.1) is 10.1 Å². The topological polar surface area (TPSA) is 121 Å². The van der Waals surface area contributed by atoms with E-state index in [1.54, 1.807) is 30.3 Å². The first kappa shape index (κ1) is 20.8. The molecule has 162 valence electrons. The number of benzene rings is 3. The summed E-state index contributed by atoms with van der Waals surface area (Å²) >= 11 is 0. The van der Waals surface area contributed by atoms with Crippen LogP contribution in [0.3, 0.4) is 0 Å². The van der Waals surface area contributed by atoms with Gasteiger partial charge in [0.2, 0.25) is 0 Å². The molecule has 10 heteroatoms. The molecule has 0 atom stereocenters.